The average Bonchev–Trinajstić information content (AvgIpc) is 3.33. The van der Waals surface area contributed by atoms with Gasteiger partial charge in [0.15, 0.2) is 0 Å². The Morgan fingerprint density at radius 1 is 1.08 bits per heavy atom. The molecule has 26 heavy (non-hydrogen) atoms. The number of ether oxygens (including phenoxy) is 1. The smallest absolute Gasteiger partial charge is 0.222 e. The molecule has 2 aromatic carbocycles. The fourth-order valence-electron chi connectivity index (χ4n) is 3.57. The van der Waals surface area contributed by atoms with Crippen molar-refractivity contribution in [3.8, 4) is 17.2 Å². The standard InChI is InChI=1S/C20H16N2O3S/c23-12-7-8-17(24)14(10-12)15-11-16-13-4-1-2-5-18(13)25-20(22(16)21-15)19-6-3-9-26-19/h1-10,16,20,23-24H,11H2/t16-,20-/m1/s1. The molecule has 0 fully saturated rings. The van der Waals surface area contributed by atoms with Crippen molar-refractivity contribution in [3.63, 3.8) is 0 Å². The number of para-hydroxylation sites is 1. The molecule has 0 spiro atoms. The highest BCUT2D eigenvalue weighted by molar-refractivity contribution is 7.10. The summed E-state index contributed by atoms with van der Waals surface area (Å²) in [6, 6.07) is 16.6. The molecule has 2 N–H and O–H groups in total. The van der Waals surface area contributed by atoms with Gasteiger partial charge in [0.05, 0.1) is 16.6 Å². The first kappa shape index (κ1) is 15.3. The molecule has 3 aromatic rings. The first-order chi connectivity index (χ1) is 12.7. The van der Waals surface area contributed by atoms with Crippen molar-refractivity contribution < 1.29 is 14.9 Å². The number of thiophene rings is 1. The molecule has 2 aliphatic heterocycles. The Labute approximate surface area is 154 Å². The molecular formula is C20H16N2O3S. The number of fused-ring (bicyclic) bond motifs is 3. The molecule has 5 nitrogen and oxygen atoms in total. The molecule has 5 rings (SSSR count). The molecule has 2 aliphatic rings. The van der Waals surface area contributed by atoms with Crippen molar-refractivity contribution in [1.82, 2.24) is 5.01 Å². The summed E-state index contributed by atoms with van der Waals surface area (Å²) < 4.78 is 6.25. The lowest BCUT2D eigenvalue weighted by molar-refractivity contribution is -0.0165. The Morgan fingerprint density at radius 2 is 1.96 bits per heavy atom. The van der Waals surface area contributed by atoms with Gasteiger partial charge in [0.25, 0.3) is 0 Å². The van der Waals surface area contributed by atoms with Crippen LogP contribution in [0.5, 0.6) is 17.2 Å². The van der Waals surface area contributed by atoms with E-state index in [1.54, 1.807) is 17.4 Å². The highest BCUT2D eigenvalue weighted by Gasteiger charge is 2.41. The summed E-state index contributed by atoms with van der Waals surface area (Å²) in [7, 11) is 0. The molecule has 130 valence electrons. The van der Waals surface area contributed by atoms with Gasteiger partial charge in [0, 0.05) is 17.5 Å². The van der Waals surface area contributed by atoms with Gasteiger partial charge in [0.1, 0.15) is 17.2 Å². The normalized spacial score (nSPS) is 20.9. The van der Waals surface area contributed by atoms with Crippen LogP contribution in [0.4, 0.5) is 0 Å². The molecule has 0 radical (unpaired) electrons. The van der Waals surface area contributed by atoms with Crippen molar-refractivity contribution in [2.75, 3.05) is 0 Å². The largest absolute Gasteiger partial charge is 0.508 e. The van der Waals surface area contributed by atoms with Gasteiger partial charge in [-0.05, 0) is 35.7 Å². The van der Waals surface area contributed by atoms with Crippen molar-refractivity contribution in [2.45, 2.75) is 18.7 Å². The minimum absolute atomic E-state index is 0.0313. The van der Waals surface area contributed by atoms with E-state index in [2.05, 4.69) is 6.07 Å². The topological polar surface area (TPSA) is 65.3 Å². The Morgan fingerprint density at radius 3 is 2.81 bits per heavy atom. The summed E-state index contributed by atoms with van der Waals surface area (Å²) in [4.78, 5) is 1.08. The zero-order valence-electron chi connectivity index (χ0n) is 13.7. The van der Waals surface area contributed by atoms with E-state index in [4.69, 9.17) is 9.84 Å². The molecule has 3 heterocycles. The van der Waals surface area contributed by atoms with Gasteiger partial charge in [-0.2, -0.15) is 5.10 Å². The van der Waals surface area contributed by atoms with Crippen LogP contribution in [-0.2, 0) is 0 Å². The zero-order chi connectivity index (χ0) is 17.7. The van der Waals surface area contributed by atoms with E-state index in [-0.39, 0.29) is 23.8 Å². The summed E-state index contributed by atoms with van der Waals surface area (Å²) in [6.45, 7) is 0. The number of nitrogens with zero attached hydrogens (tertiary/aromatic N) is 2. The van der Waals surface area contributed by atoms with E-state index in [1.807, 2.05) is 40.7 Å². The van der Waals surface area contributed by atoms with Crippen LogP contribution in [0.1, 0.15) is 34.7 Å². The number of aromatic hydroxyl groups is 2. The van der Waals surface area contributed by atoms with Crippen molar-refractivity contribution in [1.29, 1.82) is 0 Å². The second-order valence-electron chi connectivity index (χ2n) is 6.37. The van der Waals surface area contributed by atoms with Gasteiger partial charge >= 0.3 is 0 Å². The fourth-order valence-corrected chi connectivity index (χ4v) is 4.32. The highest BCUT2D eigenvalue weighted by Crippen LogP contribution is 2.48. The van der Waals surface area contributed by atoms with Crippen LogP contribution in [0.3, 0.4) is 0 Å². The van der Waals surface area contributed by atoms with E-state index in [1.165, 1.54) is 12.1 Å². The van der Waals surface area contributed by atoms with E-state index >= 15 is 0 Å². The Balaban J connectivity index is 1.62. The van der Waals surface area contributed by atoms with Gasteiger partial charge < -0.3 is 14.9 Å². The predicted octanol–water partition coefficient (Wildman–Crippen LogP) is 4.40. The Bertz CT molecular complexity index is 1000. The SMILES string of the molecule is Oc1ccc(O)c(C2=NN3[C@H](C2)c2ccccc2O[C@@H]3c2cccs2)c1. The Kier molecular flexibility index (Phi) is 3.39. The van der Waals surface area contributed by atoms with Gasteiger partial charge in [-0.15, -0.1) is 11.3 Å². The third-order valence-electron chi connectivity index (χ3n) is 4.78. The molecule has 2 atom stereocenters. The fraction of sp³-hybridized carbons (Fsp3) is 0.150. The summed E-state index contributed by atoms with van der Waals surface area (Å²) in [6.07, 6.45) is 0.339. The number of rotatable bonds is 2. The predicted molar refractivity (Wildman–Crippen MR) is 99.6 cm³/mol. The summed E-state index contributed by atoms with van der Waals surface area (Å²) in [5.41, 5.74) is 2.38. The highest BCUT2D eigenvalue weighted by atomic mass is 32.1. The van der Waals surface area contributed by atoms with Crippen LogP contribution >= 0.6 is 11.3 Å². The first-order valence-corrected chi connectivity index (χ1v) is 9.26. The molecule has 0 aliphatic carbocycles. The third kappa shape index (κ3) is 2.34. The van der Waals surface area contributed by atoms with Crippen LogP contribution in [0.25, 0.3) is 0 Å². The van der Waals surface area contributed by atoms with Crippen molar-refractivity contribution >= 4 is 17.0 Å². The quantitative estimate of drug-likeness (QED) is 0.662. The molecule has 0 saturated heterocycles. The van der Waals surface area contributed by atoms with Crippen LogP contribution in [0.2, 0.25) is 0 Å². The molecule has 0 amide bonds. The number of hydrogen-bond acceptors (Lipinski definition) is 6. The average molecular weight is 364 g/mol. The number of phenolic OH excluding ortho intramolecular Hbond substituents is 2. The van der Waals surface area contributed by atoms with Crippen LogP contribution in [0.15, 0.2) is 65.1 Å². The van der Waals surface area contributed by atoms with Crippen LogP contribution in [-0.4, -0.2) is 20.9 Å². The molecule has 1 aromatic heterocycles. The zero-order valence-corrected chi connectivity index (χ0v) is 14.6. The summed E-state index contributed by atoms with van der Waals surface area (Å²) in [5.74, 6) is 1.09. The number of hydrogen-bond donors (Lipinski definition) is 2. The molecule has 0 saturated carbocycles. The maximum absolute atomic E-state index is 10.2. The second-order valence-corrected chi connectivity index (χ2v) is 7.35. The van der Waals surface area contributed by atoms with Crippen LogP contribution < -0.4 is 4.74 Å². The monoisotopic (exact) mass is 364 g/mol. The minimum Gasteiger partial charge on any atom is -0.508 e. The van der Waals surface area contributed by atoms with Gasteiger partial charge in [-0.1, -0.05) is 24.3 Å². The number of benzene rings is 2. The second kappa shape index (κ2) is 5.78. The lowest BCUT2D eigenvalue weighted by atomic mass is 9.96. The lowest BCUT2D eigenvalue weighted by Gasteiger charge is -2.37. The van der Waals surface area contributed by atoms with E-state index < -0.39 is 0 Å². The van der Waals surface area contributed by atoms with Crippen molar-refractivity contribution in [2.24, 2.45) is 5.10 Å². The van der Waals surface area contributed by atoms with E-state index in [9.17, 15) is 10.2 Å². The molecule has 0 bridgehead atoms. The Hall–Kier alpha value is -2.99. The van der Waals surface area contributed by atoms with Gasteiger partial charge in [0.2, 0.25) is 6.23 Å². The summed E-state index contributed by atoms with van der Waals surface area (Å²) >= 11 is 1.63. The lowest BCUT2D eigenvalue weighted by Crippen LogP contribution is -2.33. The number of hydrazone groups is 1. The maximum atomic E-state index is 10.2. The first-order valence-electron chi connectivity index (χ1n) is 8.38. The van der Waals surface area contributed by atoms with E-state index in [0.29, 0.717) is 12.0 Å². The molecule has 0 unspecified atom stereocenters. The third-order valence-corrected chi connectivity index (χ3v) is 5.68. The molecule has 6 heteroatoms. The van der Waals surface area contributed by atoms with Crippen LogP contribution in [0, 0.1) is 0 Å². The van der Waals surface area contributed by atoms with Gasteiger partial charge in [-0.3, -0.25) is 0 Å². The van der Waals surface area contributed by atoms with Gasteiger partial charge in [-0.25, -0.2) is 5.01 Å². The number of phenols is 2. The van der Waals surface area contributed by atoms with E-state index in [0.717, 1.165) is 21.9 Å². The van der Waals surface area contributed by atoms with Crippen molar-refractivity contribution in [3.05, 3.63) is 76.0 Å². The minimum atomic E-state index is -0.299. The summed E-state index contributed by atoms with van der Waals surface area (Å²) in [5, 5.41) is 28.8. The maximum Gasteiger partial charge on any atom is 0.222 e. The molecular weight excluding hydrogens is 348 g/mol.